The Morgan fingerprint density at radius 1 is 0.850 bits per heavy atom. The molecule has 20 heavy (non-hydrogen) atoms. The predicted octanol–water partition coefficient (Wildman–Crippen LogP) is 4.30. The van der Waals surface area contributed by atoms with Crippen molar-refractivity contribution in [2.24, 2.45) is 23.7 Å². The first-order chi connectivity index (χ1) is 8.98. The molecule has 7 heteroatoms. The minimum atomic E-state index is -5.69. The summed E-state index contributed by atoms with van der Waals surface area (Å²) in [5.41, 5.74) is -4.57. The zero-order valence-electron chi connectivity index (χ0n) is 11.1. The molecule has 118 valence electrons. The smallest absolute Gasteiger partial charge is 0.373 e. The van der Waals surface area contributed by atoms with Crippen LogP contribution in [0.15, 0.2) is 0 Å². The van der Waals surface area contributed by atoms with Crippen LogP contribution in [0.3, 0.4) is 0 Å². The summed E-state index contributed by atoms with van der Waals surface area (Å²) in [5, 5.41) is 9.44. The van der Waals surface area contributed by atoms with Crippen LogP contribution in [0.4, 0.5) is 26.3 Å². The van der Waals surface area contributed by atoms with E-state index in [4.69, 9.17) is 0 Å². The third kappa shape index (κ3) is 2.31. The van der Waals surface area contributed by atoms with E-state index in [-0.39, 0.29) is 24.7 Å². The van der Waals surface area contributed by atoms with Gasteiger partial charge in [0, 0.05) is 5.92 Å². The Kier molecular flexibility index (Phi) is 3.81. The highest BCUT2D eigenvalue weighted by Gasteiger charge is 2.73. The summed E-state index contributed by atoms with van der Waals surface area (Å²) < 4.78 is 77.0. The normalized spacial score (nSPS) is 36.0. The largest absolute Gasteiger partial charge is 0.426 e. The fourth-order valence-electron chi connectivity index (χ4n) is 4.06. The molecule has 2 rings (SSSR count). The Bertz CT molecular complexity index is 347. The van der Waals surface area contributed by atoms with E-state index < -0.39 is 23.9 Å². The molecule has 2 aliphatic rings. The van der Waals surface area contributed by atoms with Crippen molar-refractivity contribution < 1.29 is 31.4 Å². The Hall–Kier alpha value is -0.460. The van der Waals surface area contributed by atoms with Gasteiger partial charge in [0.25, 0.3) is 5.60 Å². The number of fused-ring (bicyclic) bond motifs is 1. The molecule has 1 N–H and O–H groups in total. The van der Waals surface area contributed by atoms with Crippen LogP contribution in [0.1, 0.15) is 39.0 Å². The van der Waals surface area contributed by atoms with Gasteiger partial charge in [-0.3, -0.25) is 0 Å². The lowest BCUT2D eigenvalue weighted by molar-refractivity contribution is -0.388. The minimum absolute atomic E-state index is 0.125. The van der Waals surface area contributed by atoms with E-state index in [1.54, 1.807) is 0 Å². The maximum Gasteiger partial charge on any atom is 0.426 e. The molecule has 0 aromatic rings. The van der Waals surface area contributed by atoms with Gasteiger partial charge in [-0.1, -0.05) is 13.3 Å². The summed E-state index contributed by atoms with van der Waals surface area (Å²) in [6.07, 6.45) is -9.94. The SMILES string of the molecule is C[C@H]1CCC2CC(C(O)(C(F)(F)F)C(F)(F)F)CCC21. The van der Waals surface area contributed by atoms with E-state index >= 15 is 0 Å². The second kappa shape index (κ2) is 4.78. The second-order valence-electron chi connectivity index (χ2n) is 6.25. The molecule has 0 aromatic heterocycles. The zero-order valence-corrected chi connectivity index (χ0v) is 11.1. The van der Waals surface area contributed by atoms with E-state index in [2.05, 4.69) is 0 Å². The molecule has 0 radical (unpaired) electrons. The van der Waals surface area contributed by atoms with Crippen LogP contribution in [0.5, 0.6) is 0 Å². The van der Waals surface area contributed by atoms with Gasteiger partial charge in [0.15, 0.2) is 0 Å². The summed E-state index contributed by atoms with van der Waals surface area (Å²) in [7, 11) is 0. The van der Waals surface area contributed by atoms with Crippen LogP contribution in [0.25, 0.3) is 0 Å². The molecule has 1 nitrogen and oxygen atoms in total. The molecule has 4 atom stereocenters. The Labute approximate surface area is 113 Å². The van der Waals surface area contributed by atoms with Gasteiger partial charge in [0.05, 0.1) is 0 Å². The molecule has 2 aliphatic carbocycles. The zero-order chi connectivity index (χ0) is 15.3. The fraction of sp³-hybridized carbons (Fsp3) is 1.00. The van der Waals surface area contributed by atoms with Crippen molar-refractivity contribution >= 4 is 0 Å². The van der Waals surface area contributed by atoms with Gasteiger partial charge in [-0.25, -0.2) is 0 Å². The number of alkyl halides is 6. The molecule has 0 aliphatic heterocycles. The summed E-state index contributed by atoms with van der Waals surface area (Å²) in [6.45, 7) is 1.99. The first-order valence-electron chi connectivity index (χ1n) is 6.84. The van der Waals surface area contributed by atoms with Crippen molar-refractivity contribution in [2.45, 2.75) is 57.0 Å². The Balaban J connectivity index is 2.25. The van der Waals surface area contributed by atoms with Crippen LogP contribution in [0, 0.1) is 23.7 Å². The number of hydrogen-bond acceptors (Lipinski definition) is 1. The number of rotatable bonds is 1. The molecular weight excluding hydrogens is 286 g/mol. The average molecular weight is 304 g/mol. The monoisotopic (exact) mass is 304 g/mol. The van der Waals surface area contributed by atoms with E-state index in [0.717, 1.165) is 6.42 Å². The third-order valence-corrected chi connectivity index (χ3v) is 5.22. The molecule has 0 saturated heterocycles. The van der Waals surface area contributed by atoms with Gasteiger partial charge in [-0.2, -0.15) is 26.3 Å². The molecule has 3 unspecified atom stereocenters. The molecule has 0 aromatic carbocycles. The molecular formula is C13H18F6O. The predicted molar refractivity (Wildman–Crippen MR) is 59.8 cm³/mol. The van der Waals surface area contributed by atoms with Crippen LogP contribution in [-0.2, 0) is 0 Å². The maximum absolute atomic E-state index is 12.8. The second-order valence-corrected chi connectivity index (χ2v) is 6.25. The lowest BCUT2D eigenvalue weighted by atomic mass is 9.67. The topological polar surface area (TPSA) is 20.2 Å². The average Bonchev–Trinajstić information content (AvgIpc) is 2.66. The minimum Gasteiger partial charge on any atom is -0.373 e. The van der Waals surface area contributed by atoms with Crippen molar-refractivity contribution in [1.82, 2.24) is 0 Å². The van der Waals surface area contributed by atoms with Crippen LogP contribution >= 0.6 is 0 Å². The molecule has 0 heterocycles. The van der Waals surface area contributed by atoms with Crippen LogP contribution in [0.2, 0.25) is 0 Å². The first-order valence-corrected chi connectivity index (χ1v) is 6.84. The van der Waals surface area contributed by atoms with Gasteiger partial charge < -0.3 is 5.11 Å². The maximum atomic E-state index is 12.8. The Morgan fingerprint density at radius 2 is 1.40 bits per heavy atom. The van der Waals surface area contributed by atoms with E-state index in [9.17, 15) is 31.4 Å². The molecule has 2 fully saturated rings. The highest BCUT2D eigenvalue weighted by Crippen LogP contribution is 2.56. The van der Waals surface area contributed by atoms with Gasteiger partial charge in [-0.05, 0) is 43.4 Å². The number of hydrogen-bond donors (Lipinski definition) is 1. The fourth-order valence-corrected chi connectivity index (χ4v) is 4.06. The van der Waals surface area contributed by atoms with E-state index in [0.29, 0.717) is 18.8 Å². The van der Waals surface area contributed by atoms with E-state index in [1.807, 2.05) is 6.92 Å². The first kappa shape index (κ1) is 15.9. The molecule has 0 amide bonds. The highest BCUT2D eigenvalue weighted by molar-refractivity contribution is 5.03. The standard InChI is InChI=1S/C13H18F6O/c1-7-2-3-8-6-9(4-5-10(7)8)11(20,12(14,15)16)13(17,18)19/h7-10,20H,2-6H2,1H3/t7-,8?,9?,10?/m0/s1. The number of aliphatic hydroxyl groups is 1. The van der Waals surface area contributed by atoms with Gasteiger partial charge in [0.1, 0.15) is 0 Å². The van der Waals surface area contributed by atoms with Crippen molar-refractivity contribution in [3.8, 4) is 0 Å². The molecule has 0 spiro atoms. The summed E-state index contributed by atoms with van der Waals surface area (Å²) in [6, 6.07) is 0. The van der Waals surface area contributed by atoms with E-state index in [1.165, 1.54) is 0 Å². The molecule has 2 saturated carbocycles. The quantitative estimate of drug-likeness (QED) is 0.716. The molecule has 0 bridgehead atoms. The summed E-state index contributed by atoms with van der Waals surface area (Å²) in [4.78, 5) is 0. The van der Waals surface area contributed by atoms with Crippen molar-refractivity contribution in [2.75, 3.05) is 0 Å². The Morgan fingerprint density at radius 3 is 1.90 bits per heavy atom. The van der Waals surface area contributed by atoms with Gasteiger partial charge in [-0.15, -0.1) is 0 Å². The third-order valence-electron chi connectivity index (χ3n) is 5.22. The highest BCUT2D eigenvalue weighted by atomic mass is 19.4. The van der Waals surface area contributed by atoms with Gasteiger partial charge >= 0.3 is 12.4 Å². The summed E-state index contributed by atoms with van der Waals surface area (Å²) in [5.74, 6) is -1.35. The van der Waals surface area contributed by atoms with Gasteiger partial charge in [0.2, 0.25) is 0 Å². The summed E-state index contributed by atoms with van der Waals surface area (Å²) >= 11 is 0. The van der Waals surface area contributed by atoms with Crippen molar-refractivity contribution in [1.29, 1.82) is 0 Å². The van der Waals surface area contributed by atoms with Crippen LogP contribution in [-0.4, -0.2) is 23.1 Å². The van der Waals surface area contributed by atoms with Crippen LogP contribution < -0.4 is 0 Å². The number of halogens is 6. The van der Waals surface area contributed by atoms with Crippen molar-refractivity contribution in [3.63, 3.8) is 0 Å². The van der Waals surface area contributed by atoms with Crippen molar-refractivity contribution in [3.05, 3.63) is 0 Å². The lowest BCUT2D eigenvalue weighted by Crippen LogP contribution is -2.62. The lowest BCUT2D eigenvalue weighted by Gasteiger charge is -2.43.